The second-order valence-electron chi connectivity index (χ2n) is 19.7. The monoisotopic (exact) mass is 1010 g/mol. The summed E-state index contributed by atoms with van der Waals surface area (Å²) in [5, 5.41) is 35.5. The molecule has 2 heterocycles. The first-order valence-corrected chi connectivity index (χ1v) is 28.2. The zero-order valence-corrected chi connectivity index (χ0v) is 45.1. The van der Waals surface area contributed by atoms with Crippen LogP contribution in [0, 0.1) is 0 Å². The molecule has 0 aromatic heterocycles. The maximum absolute atomic E-state index is 12.8. The number of ether oxygens (including phenoxy) is 6. The summed E-state index contributed by atoms with van der Waals surface area (Å²) in [4.78, 5) is 26.4. The van der Waals surface area contributed by atoms with E-state index < -0.39 is 48.9 Å². The summed E-state index contributed by atoms with van der Waals surface area (Å²) in [6.45, 7) is 8.24. The molecule has 2 aliphatic rings. The second kappa shape index (κ2) is 43.9. The number of aliphatic hydroxyl groups is 3. The number of hydrogen-bond donors (Lipinski definition) is 5. The topological polar surface area (TPSA) is 178 Å². The summed E-state index contributed by atoms with van der Waals surface area (Å²) in [7, 11) is 1.95. The van der Waals surface area contributed by atoms with Gasteiger partial charge in [-0.1, -0.05) is 140 Å². The molecular weight excluding hydrogens is 903 g/mol. The Morgan fingerprint density at radius 3 is 1.68 bits per heavy atom. The highest BCUT2D eigenvalue weighted by molar-refractivity contribution is 5.77. The fraction of sp³-hybridized carbons (Fsp3) is 0.825. The molecule has 0 bridgehead atoms. The molecule has 14 heteroatoms. The van der Waals surface area contributed by atoms with Gasteiger partial charge in [-0.15, -0.1) is 0 Å². The number of nitrogens with zero attached hydrogens (tertiary/aromatic N) is 1. The van der Waals surface area contributed by atoms with E-state index in [1.54, 1.807) is 0 Å². The van der Waals surface area contributed by atoms with Crippen LogP contribution in [0.4, 0.5) is 0 Å². The lowest BCUT2D eigenvalue weighted by atomic mass is 9.97. The molecule has 2 amide bonds. The third kappa shape index (κ3) is 33.1. The molecule has 6 atom stereocenters. The van der Waals surface area contributed by atoms with Crippen LogP contribution in [0.25, 0.3) is 0 Å². The SMILES string of the molecule is CCCCC/C=C\C/C=C\CCCCCCCCC1(CCCCCCCC/C=C\C/C=C\CCCCC)OC[C@H](CN(C)CC(=O)NCCOCCOCCOC2OC(CO)C(O)C(O)C2NC(C)=O)O1. The predicted molar refractivity (Wildman–Crippen MR) is 285 cm³/mol. The third-order valence-corrected chi connectivity index (χ3v) is 13.1. The maximum Gasteiger partial charge on any atom is 0.234 e. The Morgan fingerprint density at radius 1 is 0.662 bits per heavy atom. The van der Waals surface area contributed by atoms with Gasteiger partial charge in [0.15, 0.2) is 12.1 Å². The maximum atomic E-state index is 12.8. The van der Waals surface area contributed by atoms with Gasteiger partial charge in [0, 0.05) is 32.9 Å². The first-order chi connectivity index (χ1) is 34.6. The first kappa shape index (κ1) is 64.6. The Balaban J connectivity index is 1.65. The Hall–Kier alpha value is -2.50. The van der Waals surface area contributed by atoms with E-state index in [1.807, 2.05) is 11.9 Å². The van der Waals surface area contributed by atoms with E-state index in [2.05, 4.69) is 73.1 Å². The van der Waals surface area contributed by atoms with Crippen molar-refractivity contribution >= 4 is 11.8 Å². The first-order valence-electron chi connectivity index (χ1n) is 28.2. The normalized spacial score (nSPS) is 21.5. The van der Waals surface area contributed by atoms with E-state index in [4.69, 9.17) is 28.4 Å². The molecule has 412 valence electrons. The van der Waals surface area contributed by atoms with Crippen LogP contribution >= 0.6 is 0 Å². The molecule has 0 aliphatic carbocycles. The Morgan fingerprint density at radius 2 is 1.15 bits per heavy atom. The van der Waals surface area contributed by atoms with Gasteiger partial charge in [-0.05, 0) is 84.1 Å². The Kier molecular flexibility index (Phi) is 39.9. The lowest BCUT2D eigenvalue weighted by Crippen LogP contribution is -2.64. The van der Waals surface area contributed by atoms with Crippen molar-refractivity contribution < 1.29 is 53.3 Å². The van der Waals surface area contributed by atoms with Crippen LogP contribution in [0.3, 0.4) is 0 Å². The van der Waals surface area contributed by atoms with Gasteiger partial charge in [0.05, 0.1) is 58.9 Å². The average molecular weight is 1010 g/mol. The summed E-state index contributed by atoms with van der Waals surface area (Å²) in [5.74, 6) is -1.04. The number of hydrogen-bond acceptors (Lipinski definition) is 12. The molecule has 0 saturated carbocycles. The van der Waals surface area contributed by atoms with E-state index in [0.717, 1.165) is 38.5 Å². The number of carbonyl (C=O) groups excluding carboxylic acids is 2. The average Bonchev–Trinajstić information content (AvgIpc) is 3.75. The number of rotatable bonds is 46. The van der Waals surface area contributed by atoms with Crippen LogP contribution in [-0.2, 0) is 38.0 Å². The fourth-order valence-electron chi connectivity index (χ4n) is 8.99. The molecule has 5 unspecified atom stereocenters. The van der Waals surface area contributed by atoms with E-state index in [9.17, 15) is 24.9 Å². The van der Waals surface area contributed by atoms with Crippen LogP contribution in [-0.4, -0.2) is 147 Å². The molecule has 2 rings (SSSR count). The van der Waals surface area contributed by atoms with E-state index in [-0.39, 0.29) is 38.4 Å². The minimum absolute atomic E-state index is 0.0812. The van der Waals surface area contributed by atoms with Crippen molar-refractivity contribution in [1.29, 1.82) is 0 Å². The molecule has 5 N–H and O–H groups in total. The zero-order chi connectivity index (χ0) is 51.5. The second-order valence-corrected chi connectivity index (χ2v) is 19.7. The predicted octanol–water partition coefficient (Wildman–Crippen LogP) is 9.55. The summed E-state index contributed by atoms with van der Waals surface area (Å²) in [6.07, 6.45) is 44.8. The van der Waals surface area contributed by atoms with Crippen molar-refractivity contribution in [1.82, 2.24) is 15.5 Å². The quantitative estimate of drug-likeness (QED) is 0.0289. The van der Waals surface area contributed by atoms with Crippen molar-refractivity contribution in [2.75, 3.05) is 72.9 Å². The van der Waals surface area contributed by atoms with Crippen molar-refractivity contribution in [3.63, 3.8) is 0 Å². The van der Waals surface area contributed by atoms with Gasteiger partial charge in [-0.2, -0.15) is 0 Å². The van der Waals surface area contributed by atoms with Crippen LogP contribution < -0.4 is 10.6 Å². The van der Waals surface area contributed by atoms with Gasteiger partial charge < -0.3 is 54.4 Å². The van der Waals surface area contributed by atoms with Crippen LogP contribution in [0.1, 0.15) is 188 Å². The van der Waals surface area contributed by atoms with Crippen LogP contribution in [0.2, 0.25) is 0 Å². The summed E-state index contributed by atoms with van der Waals surface area (Å²) >= 11 is 0. The number of nitrogens with one attached hydrogen (secondary N) is 2. The van der Waals surface area contributed by atoms with Crippen molar-refractivity contribution in [3.05, 3.63) is 48.6 Å². The highest BCUT2D eigenvalue weighted by Crippen LogP contribution is 2.35. The molecule has 2 saturated heterocycles. The smallest absolute Gasteiger partial charge is 0.234 e. The van der Waals surface area contributed by atoms with Gasteiger partial charge in [0.2, 0.25) is 11.8 Å². The molecule has 2 fully saturated rings. The zero-order valence-electron chi connectivity index (χ0n) is 45.1. The van der Waals surface area contributed by atoms with E-state index in [0.29, 0.717) is 32.9 Å². The number of amides is 2. The number of aliphatic hydroxyl groups excluding tert-OH is 3. The van der Waals surface area contributed by atoms with Crippen LogP contribution in [0.15, 0.2) is 48.6 Å². The van der Waals surface area contributed by atoms with Gasteiger partial charge >= 0.3 is 0 Å². The van der Waals surface area contributed by atoms with E-state index >= 15 is 0 Å². The molecule has 0 radical (unpaired) electrons. The lowest BCUT2D eigenvalue weighted by molar-refractivity contribution is -0.272. The standard InChI is InChI=1S/C57H103N3O11/c1-5-7-9-11-13-15-17-19-21-23-25-27-29-31-33-35-37-57(38-36-34-32-30-28-26-24-22-20-18-16-14-12-10-8-6-2)69-48-50(71-57)45-60(4)46-52(63)58-39-40-66-41-42-67-43-44-68-56-53(59-49(3)62)55(65)54(64)51(47-61)70-56/h13-16,19-22,50-51,53-56,61,64-65H,5-12,17-18,23-48H2,1-4H3,(H,58,63)(H,59,62)/b15-13-,16-14-,21-19-,22-20-/t50-,51?,53?,54?,55?,56?/m0/s1. The van der Waals surface area contributed by atoms with Gasteiger partial charge in [0.1, 0.15) is 24.4 Å². The lowest BCUT2D eigenvalue weighted by Gasteiger charge is -2.42. The number of carbonyl (C=O) groups is 2. The van der Waals surface area contributed by atoms with Crippen LogP contribution in [0.5, 0.6) is 0 Å². The number of likely N-dealkylation sites (N-methyl/N-ethyl adjacent to an activating group) is 1. The largest absolute Gasteiger partial charge is 0.394 e. The van der Waals surface area contributed by atoms with Gasteiger partial charge in [0.25, 0.3) is 0 Å². The summed E-state index contributed by atoms with van der Waals surface area (Å²) in [5.41, 5.74) is 0. The summed E-state index contributed by atoms with van der Waals surface area (Å²) in [6, 6.07) is -1.00. The van der Waals surface area contributed by atoms with E-state index in [1.165, 1.54) is 135 Å². The van der Waals surface area contributed by atoms with Crippen molar-refractivity contribution in [2.45, 2.75) is 230 Å². The van der Waals surface area contributed by atoms with Crippen molar-refractivity contribution in [2.24, 2.45) is 0 Å². The third-order valence-electron chi connectivity index (χ3n) is 13.1. The number of unbranched alkanes of at least 4 members (excludes halogenated alkanes) is 18. The summed E-state index contributed by atoms with van der Waals surface area (Å²) < 4.78 is 35.7. The Bertz CT molecular complexity index is 1360. The molecule has 2 aliphatic heterocycles. The fourth-order valence-corrected chi connectivity index (χ4v) is 8.99. The Labute approximate surface area is 431 Å². The molecule has 0 spiro atoms. The number of allylic oxidation sites excluding steroid dienone is 8. The highest BCUT2D eigenvalue weighted by atomic mass is 16.7. The minimum Gasteiger partial charge on any atom is -0.394 e. The minimum atomic E-state index is -1.37. The molecule has 71 heavy (non-hydrogen) atoms. The van der Waals surface area contributed by atoms with Gasteiger partial charge in [-0.25, -0.2) is 0 Å². The molecule has 0 aromatic rings. The molecular formula is C57H103N3O11. The van der Waals surface area contributed by atoms with Gasteiger partial charge in [-0.3, -0.25) is 14.5 Å². The molecule has 0 aromatic carbocycles. The molecule has 14 nitrogen and oxygen atoms in total. The highest BCUT2D eigenvalue weighted by Gasteiger charge is 2.45. The van der Waals surface area contributed by atoms with Crippen molar-refractivity contribution in [3.8, 4) is 0 Å².